The van der Waals surface area contributed by atoms with E-state index < -0.39 is 0 Å². The lowest BCUT2D eigenvalue weighted by atomic mass is 10.2. The van der Waals surface area contributed by atoms with Crippen LogP contribution in [-0.4, -0.2) is 48.8 Å². The molecular weight excluding hydrogens is 202 g/mol. The Hall–Kier alpha value is -1.26. The molecule has 5 nitrogen and oxygen atoms in total. The Morgan fingerprint density at radius 1 is 1.31 bits per heavy atom. The summed E-state index contributed by atoms with van der Waals surface area (Å²) in [6, 6.07) is 0. The van der Waals surface area contributed by atoms with E-state index in [0.717, 1.165) is 31.8 Å². The Kier molecular flexibility index (Phi) is 4.15. The van der Waals surface area contributed by atoms with E-state index in [1.807, 2.05) is 19.0 Å². The van der Waals surface area contributed by atoms with Crippen LogP contribution >= 0.6 is 0 Å². The normalized spacial score (nSPS) is 22.7. The monoisotopic (exact) mass is 225 g/mol. The molecule has 0 aromatic heterocycles. The largest absolute Gasteiger partial charge is 0.370 e. The first-order chi connectivity index (χ1) is 7.47. The first-order valence-corrected chi connectivity index (χ1v) is 5.82. The van der Waals surface area contributed by atoms with Gasteiger partial charge >= 0.3 is 0 Å². The lowest BCUT2D eigenvalue weighted by Gasteiger charge is -2.18. The van der Waals surface area contributed by atoms with Gasteiger partial charge in [-0.05, 0) is 25.7 Å². The van der Waals surface area contributed by atoms with E-state index in [4.69, 9.17) is 16.6 Å². The summed E-state index contributed by atoms with van der Waals surface area (Å²) in [6.07, 6.45) is 2.15. The summed E-state index contributed by atoms with van der Waals surface area (Å²) in [4.78, 5) is 3.75. The number of rotatable bonds is 5. The Morgan fingerprint density at radius 2 is 1.94 bits per heavy atom. The highest BCUT2D eigenvalue weighted by molar-refractivity contribution is 5.84. The van der Waals surface area contributed by atoms with Gasteiger partial charge in [0, 0.05) is 33.1 Å². The molecule has 1 aliphatic rings. The van der Waals surface area contributed by atoms with Crippen LogP contribution in [0.15, 0.2) is 0 Å². The van der Waals surface area contributed by atoms with Gasteiger partial charge in [0.25, 0.3) is 0 Å². The second kappa shape index (κ2) is 5.18. The van der Waals surface area contributed by atoms with Crippen molar-refractivity contribution in [2.75, 3.05) is 27.2 Å². The zero-order valence-electron chi connectivity index (χ0n) is 10.5. The van der Waals surface area contributed by atoms with Crippen LogP contribution in [0.3, 0.4) is 0 Å². The molecule has 4 N–H and O–H groups in total. The maximum absolute atomic E-state index is 7.96. The van der Waals surface area contributed by atoms with Gasteiger partial charge in [-0.1, -0.05) is 0 Å². The molecule has 5 heteroatoms. The predicted molar refractivity (Wildman–Crippen MR) is 66.8 cm³/mol. The van der Waals surface area contributed by atoms with E-state index in [9.17, 15) is 0 Å². The van der Waals surface area contributed by atoms with E-state index in [-0.39, 0.29) is 5.96 Å². The van der Waals surface area contributed by atoms with E-state index in [1.54, 1.807) is 4.90 Å². The van der Waals surface area contributed by atoms with Crippen LogP contribution in [0.2, 0.25) is 0 Å². The van der Waals surface area contributed by atoms with Gasteiger partial charge in [0.15, 0.2) is 5.96 Å². The first-order valence-electron chi connectivity index (χ1n) is 5.82. The van der Waals surface area contributed by atoms with Crippen molar-refractivity contribution in [1.29, 1.82) is 10.8 Å². The van der Waals surface area contributed by atoms with Crippen LogP contribution in [0.5, 0.6) is 0 Å². The van der Waals surface area contributed by atoms with Crippen LogP contribution in [0.25, 0.3) is 0 Å². The lowest BCUT2D eigenvalue weighted by Crippen LogP contribution is -2.34. The Bertz CT molecular complexity index is 276. The summed E-state index contributed by atoms with van der Waals surface area (Å²) in [5.74, 6) is 1.93. The van der Waals surface area contributed by atoms with Crippen LogP contribution < -0.4 is 5.73 Å². The number of nitrogens with zero attached hydrogens (tertiary/aromatic N) is 2. The summed E-state index contributed by atoms with van der Waals surface area (Å²) < 4.78 is 0. The third-order valence-electron chi connectivity index (χ3n) is 3.41. The second-order valence-corrected chi connectivity index (χ2v) is 4.60. The average Bonchev–Trinajstić information content (AvgIpc) is 3.02. The minimum Gasteiger partial charge on any atom is -0.370 e. The molecule has 92 valence electrons. The summed E-state index contributed by atoms with van der Waals surface area (Å²) in [5.41, 5.74) is 5.37. The fraction of sp³-hybridized carbons (Fsp3) is 0.818. The fourth-order valence-corrected chi connectivity index (χ4v) is 1.83. The number of guanidine groups is 1. The maximum atomic E-state index is 7.96. The van der Waals surface area contributed by atoms with Crippen LogP contribution in [0.1, 0.15) is 19.8 Å². The van der Waals surface area contributed by atoms with Crippen LogP contribution in [0, 0.1) is 22.7 Å². The highest BCUT2D eigenvalue weighted by Gasteiger charge is 2.41. The molecule has 2 unspecified atom stereocenters. The van der Waals surface area contributed by atoms with Crippen LogP contribution in [0.4, 0.5) is 0 Å². The van der Waals surface area contributed by atoms with Crippen molar-refractivity contribution in [3.05, 3.63) is 0 Å². The SMILES string of the molecule is CCN(C)C(=N)C1CC1CCN(C)C(=N)N. The summed E-state index contributed by atoms with van der Waals surface area (Å²) in [7, 11) is 3.81. The van der Waals surface area contributed by atoms with Crippen molar-refractivity contribution in [2.45, 2.75) is 19.8 Å². The number of nitrogens with one attached hydrogen (secondary N) is 2. The third kappa shape index (κ3) is 3.12. The maximum Gasteiger partial charge on any atom is 0.188 e. The molecule has 1 aliphatic carbocycles. The average molecular weight is 225 g/mol. The van der Waals surface area contributed by atoms with Gasteiger partial charge in [0.1, 0.15) is 0 Å². The molecule has 0 aromatic carbocycles. The summed E-state index contributed by atoms with van der Waals surface area (Å²) in [6.45, 7) is 3.78. The minimum atomic E-state index is 0.123. The van der Waals surface area contributed by atoms with Crippen LogP contribution in [-0.2, 0) is 0 Å². The predicted octanol–water partition coefficient (Wildman–Crippen LogP) is 0.767. The smallest absolute Gasteiger partial charge is 0.188 e. The van der Waals surface area contributed by atoms with Crippen molar-refractivity contribution >= 4 is 11.8 Å². The topological polar surface area (TPSA) is 80.2 Å². The van der Waals surface area contributed by atoms with Crippen molar-refractivity contribution in [2.24, 2.45) is 17.6 Å². The molecule has 0 amide bonds. The van der Waals surface area contributed by atoms with Gasteiger partial charge in [-0.3, -0.25) is 10.8 Å². The van der Waals surface area contributed by atoms with Gasteiger partial charge < -0.3 is 15.5 Å². The summed E-state index contributed by atoms with van der Waals surface area (Å²) in [5, 5.41) is 15.2. The highest BCUT2D eigenvalue weighted by atomic mass is 15.2. The molecule has 1 saturated carbocycles. The molecule has 0 saturated heterocycles. The number of hydrogen-bond donors (Lipinski definition) is 3. The molecule has 0 spiro atoms. The molecule has 0 heterocycles. The van der Waals surface area contributed by atoms with Crippen molar-refractivity contribution in [3.8, 4) is 0 Å². The van der Waals surface area contributed by atoms with Crippen molar-refractivity contribution in [1.82, 2.24) is 9.80 Å². The second-order valence-electron chi connectivity index (χ2n) is 4.60. The van der Waals surface area contributed by atoms with Gasteiger partial charge in [-0.2, -0.15) is 0 Å². The first kappa shape index (κ1) is 12.8. The molecule has 0 bridgehead atoms. The summed E-state index contributed by atoms with van der Waals surface area (Å²) >= 11 is 0. The van der Waals surface area contributed by atoms with E-state index >= 15 is 0 Å². The minimum absolute atomic E-state index is 0.123. The Balaban J connectivity index is 2.25. The standard InChI is InChI=1S/C11H23N5/c1-4-15(2)10(12)9-7-8(9)5-6-16(3)11(13)14/h8-9,12H,4-7H2,1-3H3,(H3,13,14). The van der Waals surface area contributed by atoms with Gasteiger partial charge in [-0.15, -0.1) is 0 Å². The van der Waals surface area contributed by atoms with Gasteiger partial charge in [-0.25, -0.2) is 0 Å². The zero-order valence-corrected chi connectivity index (χ0v) is 10.5. The Labute approximate surface area is 97.6 Å². The third-order valence-corrected chi connectivity index (χ3v) is 3.41. The van der Waals surface area contributed by atoms with E-state index in [2.05, 4.69) is 6.92 Å². The molecule has 1 fully saturated rings. The molecule has 0 aromatic rings. The lowest BCUT2D eigenvalue weighted by molar-refractivity contribution is 0.453. The molecular formula is C11H23N5. The van der Waals surface area contributed by atoms with E-state index in [1.165, 1.54) is 0 Å². The number of nitrogens with two attached hydrogens (primary N) is 1. The molecule has 16 heavy (non-hydrogen) atoms. The Morgan fingerprint density at radius 3 is 2.44 bits per heavy atom. The van der Waals surface area contributed by atoms with E-state index in [0.29, 0.717) is 11.8 Å². The van der Waals surface area contributed by atoms with Gasteiger partial charge in [0.05, 0.1) is 5.84 Å². The van der Waals surface area contributed by atoms with Crippen molar-refractivity contribution < 1.29 is 0 Å². The van der Waals surface area contributed by atoms with Crippen molar-refractivity contribution in [3.63, 3.8) is 0 Å². The number of hydrogen-bond acceptors (Lipinski definition) is 2. The number of amidine groups is 1. The quantitative estimate of drug-likeness (QED) is 0.477. The molecule has 2 atom stereocenters. The molecule has 1 rings (SSSR count). The fourth-order valence-electron chi connectivity index (χ4n) is 1.83. The van der Waals surface area contributed by atoms with Gasteiger partial charge in [0.2, 0.25) is 0 Å². The zero-order chi connectivity index (χ0) is 12.3. The molecule has 0 radical (unpaired) electrons. The molecule has 0 aliphatic heterocycles. The highest BCUT2D eigenvalue weighted by Crippen LogP contribution is 2.42.